The summed E-state index contributed by atoms with van der Waals surface area (Å²) >= 11 is 0. The zero-order valence-corrected chi connectivity index (χ0v) is 11.6. The highest BCUT2D eigenvalue weighted by atomic mass is 16.6. The maximum atomic E-state index is 10.0. The van der Waals surface area contributed by atoms with E-state index in [2.05, 4.69) is 11.2 Å². The molecule has 0 saturated heterocycles. The fourth-order valence-corrected chi connectivity index (χ4v) is 1.55. The number of carbonyl (C=O) groups excluding carboxylic acids is 1. The normalized spacial score (nSPS) is 16.4. The monoisotopic (exact) mass is 245 g/mol. The molecule has 0 unspecified atom stereocenters. The van der Waals surface area contributed by atoms with Crippen LogP contribution in [-0.2, 0) is 4.74 Å². The molecule has 4 nitrogen and oxygen atoms in total. The zero-order chi connectivity index (χ0) is 12.4. The highest BCUT2D eigenvalue weighted by Crippen LogP contribution is 2.14. The number of nitrogens with two attached hydrogens (primary N) is 1. The van der Waals surface area contributed by atoms with Gasteiger partial charge in [0.15, 0.2) is 0 Å². The topological polar surface area (TPSA) is 87.3 Å². The molecular weight excluding hydrogens is 216 g/mol. The fraction of sp³-hybridized carbons (Fsp3) is 0.846. The van der Waals surface area contributed by atoms with E-state index in [0.717, 1.165) is 0 Å². The van der Waals surface area contributed by atoms with Crippen LogP contribution in [0.4, 0.5) is 4.79 Å². The molecule has 1 fully saturated rings. The van der Waals surface area contributed by atoms with Crippen LogP contribution < -0.4 is 11.9 Å². The van der Waals surface area contributed by atoms with Crippen molar-refractivity contribution in [3.8, 4) is 0 Å². The molecule has 0 spiro atoms. The minimum atomic E-state index is -0.725. The molecule has 0 aliphatic heterocycles. The molecule has 1 amide bonds. The molecule has 0 aromatic heterocycles. The SMILES string of the molecule is CC(C)(C)OC(N)=O.N.[CH]1CCCCCCC1. The molecular formula is C13H29N2O2. The maximum Gasteiger partial charge on any atom is 0.405 e. The van der Waals surface area contributed by atoms with Gasteiger partial charge in [-0.15, -0.1) is 0 Å². The van der Waals surface area contributed by atoms with Crippen LogP contribution >= 0.6 is 0 Å². The molecule has 1 saturated carbocycles. The summed E-state index contributed by atoms with van der Waals surface area (Å²) in [6.07, 6.45) is 11.8. The molecule has 103 valence electrons. The van der Waals surface area contributed by atoms with E-state index in [9.17, 15) is 4.79 Å². The lowest BCUT2D eigenvalue weighted by atomic mass is 10.0. The Morgan fingerprint density at radius 3 is 1.76 bits per heavy atom. The summed E-state index contributed by atoms with van der Waals surface area (Å²) in [5, 5.41) is 0. The lowest BCUT2D eigenvalue weighted by Crippen LogP contribution is -2.27. The Balaban J connectivity index is 0. The molecule has 0 heterocycles. The van der Waals surface area contributed by atoms with Crippen LogP contribution in [0.3, 0.4) is 0 Å². The molecule has 4 heteroatoms. The van der Waals surface area contributed by atoms with Crippen molar-refractivity contribution in [2.45, 2.75) is 71.3 Å². The Hall–Kier alpha value is -0.770. The molecule has 0 aromatic rings. The Kier molecular flexibility index (Phi) is 11.4. The number of rotatable bonds is 0. The van der Waals surface area contributed by atoms with Gasteiger partial charge in [-0.25, -0.2) is 4.79 Å². The Morgan fingerprint density at radius 1 is 1.06 bits per heavy atom. The largest absolute Gasteiger partial charge is 0.444 e. The Morgan fingerprint density at radius 2 is 1.47 bits per heavy atom. The van der Waals surface area contributed by atoms with Crippen molar-refractivity contribution < 1.29 is 9.53 Å². The van der Waals surface area contributed by atoms with Crippen molar-refractivity contribution in [1.82, 2.24) is 6.15 Å². The summed E-state index contributed by atoms with van der Waals surface area (Å²) in [6, 6.07) is 0. The lowest BCUT2D eigenvalue weighted by molar-refractivity contribution is 0.0600. The van der Waals surface area contributed by atoms with Gasteiger partial charge in [-0.05, 0) is 27.2 Å². The van der Waals surface area contributed by atoms with E-state index < -0.39 is 11.7 Å². The summed E-state index contributed by atoms with van der Waals surface area (Å²) < 4.78 is 4.58. The minimum absolute atomic E-state index is 0. The molecule has 1 aliphatic rings. The molecule has 1 rings (SSSR count). The maximum absolute atomic E-state index is 10.0. The fourth-order valence-electron chi connectivity index (χ4n) is 1.55. The Labute approximate surface area is 106 Å². The van der Waals surface area contributed by atoms with E-state index in [1.54, 1.807) is 20.8 Å². The van der Waals surface area contributed by atoms with Gasteiger partial charge < -0.3 is 16.6 Å². The number of amides is 1. The number of carbonyl (C=O) groups is 1. The quantitative estimate of drug-likeness (QED) is 0.676. The van der Waals surface area contributed by atoms with Gasteiger partial charge in [0.05, 0.1) is 0 Å². The smallest absolute Gasteiger partial charge is 0.405 e. The lowest BCUT2D eigenvalue weighted by Gasteiger charge is -2.16. The predicted molar refractivity (Wildman–Crippen MR) is 72.1 cm³/mol. The first-order valence-electron chi connectivity index (χ1n) is 6.22. The minimum Gasteiger partial charge on any atom is -0.444 e. The Bertz CT molecular complexity index is 164. The summed E-state index contributed by atoms with van der Waals surface area (Å²) in [7, 11) is 0. The van der Waals surface area contributed by atoms with E-state index in [0.29, 0.717) is 0 Å². The molecule has 0 bridgehead atoms. The third-order valence-corrected chi connectivity index (χ3v) is 2.22. The average molecular weight is 245 g/mol. The highest BCUT2D eigenvalue weighted by molar-refractivity contribution is 5.65. The number of hydrogen-bond acceptors (Lipinski definition) is 3. The molecule has 17 heavy (non-hydrogen) atoms. The van der Waals surface area contributed by atoms with Gasteiger partial charge >= 0.3 is 6.09 Å². The molecule has 0 atom stereocenters. The van der Waals surface area contributed by atoms with Gasteiger partial charge in [0.2, 0.25) is 0 Å². The van der Waals surface area contributed by atoms with Crippen molar-refractivity contribution in [2.75, 3.05) is 0 Å². The van der Waals surface area contributed by atoms with Crippen LogP contribution in [0.15, 0.2) is 0 Å². The van der Waals surface area contributed by atoms with E-state index in [4.69, 9.17) is 5.73 Å². The summed E-state index contributed by atoms with van der Waals surface area (Å²) in [4.78, 5) is 10.0. The first-order chi connectivity index (χ1) is 7.42. The molecule has 0 aromatic carbocycles. The number of ether oxygens (including phenoxy) is 1. The summed E-state index contributed by atoms with van der Waals surface area (Å²) in [5.41, 5.74) is 4.26. The second kappa shape index (κ2) is 10.4. The third kappa shape index (κ3) is 17.8. The van der Waals surface area contributed by atoms with Crippen molar-refractivity contribution in [3.05, 3.63) is 6.42 Å². The van der Waals surface area contributed by atoms with Crippen molar-refractivity contribution in [2.24, 2.45) is 5.73 Å². The third-order valence-electron chi connectivity index (χ3n) is 2.22. The zero-order valence-electron chi connectivity index (χ0n) is 11.6. The van der Waals surface area contributed by atoms with Crippen LogP contribution in [0, 0.1) is 6.42 Å². The first-order valence-corrected chi connectivity index (χ1v) is 6.22. The van der Waals surface area contributed by atoms with Crippen molar-refractivity contribution in [3.63, 3.8) is 0 Å². The summed E-state index contributed by atoms with van der Waals surface area (Å²) in [5.74, 6) is 0. The van der Waals surface area contributed by atoms with Crippen LogP contribution in [0.5, 0.6) is 0 Å². The van der Waals surface area contributed by atoms with Crippen molar-refractivity contribution in [1.29, 1.82) is 0 Å². The van der Waals surface area contributed by atoms with Gasteiger partial charge in [0.25, 0.3) is 0 Å². The van der Waals surface area contributed by atoms with E-state index in [1.165, 1.54) is 44.9 Å². The summed E-state index contributed by atoms with van der Waals surface area (Å²) in [6.45, 7) is 5.28. The van der Waals surface area contributed by atoms with Crippen LogP contribution in [0.25, 0.3) is 0 Å². The van der Waals surface area contributed by atoms with E-state index in [1.807, 2.05) is 0 Å². The van der Waals surface area contributed by atoms with Crippen LogP contribution in [0.2, 0.25) is 0 Å². The second-order valence-electron chi connectivity index (χ2n) is 5.17. The second-order valence-corrected chi connectivity index (χ2v) is 5.17. The van der Waals surface area contributed by atoms with Crippen LogP contribution in [-0.4, -0.2) is 11.7 Å². The predicted octanol–water partition coefficient (Wildman–Crippen LogP) is 3.98. The van der Waals surface area contributed by atoms with Gasteiger partial charge in [0, 0.05) is 0 Å². The van der Waals surface area contributed by atoms with Crippen molar-refractivity contribution >= 4 is 6.09 Å². The van der Waals surface area contributed by atoms with E-state index >= 15 is 0 Å². The van der Waals surface area contributed by atoms with Gasteiger partial charge in [-0.3, -0.25) is 0 Å². The average Bonchev–Trinajstić information content (AvgIpc) is 1.96. The molecule has 1 aliphatic carbocycles. The standard InChI is InChI=1S/C8H15.C5H11NO2.H3N/c1-2-4-6-8-7-5-3-1;1-5(2,3)8-4(6)7;/h1H,2-8H2;1-3H3,(H2,6,7);1H3. The number of hydrogen-bond donors (Lipinski definition) is 2. The highest BCUT2D eigenvalue weighted by Gasteiger charge is 2.12. The van der Waals surface area contributed by atoms with Crippen LogP contribution in [0.1, 0.15) is 65.7 Å². The molecule has 1 radical (unpaired) electrons. The van der Waals surface area contributed by atoms with E-state index in [-0.39, 0.29) is 6.15 Å². The molecule has 5 N–H and O–H groups in total. The first kappa shape index (κ1) is 18.6. The van der Waals surface area contributed by atoms with Gasteiger partial charge in [-0.1, -0.05) is 44.9 Å². The number of primary amides is 1. The van der Waals surface area contributed by atoms with Gasteiger partial charge in [-0.2, -0.15) is 0 Å². The van der Waals surface area contributed by atoms with Gasteiger partial charge in [0.1, 0.15) is 5.60 Å².